The number of thioether (sulfide) groups is 1. The molecule has 7 heteroatoms. The van der Waals surface area contributed by atoms with Gasteiger partial charge in [-0.2, -0.15) is 0 Å². The average Bonchev–Trinajstić information content (AvgIpc) is 2.54. The Morgan fingerprint density at radius 3 is 2.43 bits per heavy atom. The third kappa shape index (κ3) is 7.32. The molecule has 4 nitrogen and oxygen atoms in total. The van der Waals surface area contributed by atoms with Crippen molar-refractivity contribution in [2.24, 2.45) is 10.7 Å². The lowest BCUT2D eigenvalue weighted by Crippen LogP contribution is -2.23. The Labute approximate surface area is 162 Å². The molecule has 0 aliphatic rings. The zero-order valence-corrected chi connectivity index (χ0v) is 16.6. The molecule has 124 valence electrons. The second-order valence-corrected chi connectivity index (χ2v) is 6.03. The molecule has 0 unspecified atom stereocenters. The molecule has 2 aromatic carbocycles. The Morgan fingerprint density at radius 1 is 1.17 bits per heavy atom. The highest BCUT2D eigenvalue weighted by Crippen LogP contribution is 2.20. The highest BCUT2D eigenvalue weighted by atomic mass is 127. The summed E-state index contributed by atoms with van der Waals surface area (Å²) in [5, 5.41) is 3.79. The van der Waals surface area contributed by atoms with Crippen molar-refractivity contribution in [3.05, 3.63) is 53.6 Å². The molecule has 0 aromatic heterocycles. The number of aliphatic imine (C=N–C) groups is 1. The summed E-state index contributed by atoms with van der Waals surface area (Å²) >= 11 is 7.56. The minimum atomic E-state index is 0. The van der Waals surface area contributed by atoms with Gasteiger partial charge in [0.15, 0.2) is 5.96 Å². The van der Waals surface area contributed by atoms with Crippen LogP contribution < -0.4 is 15.8 Å². The Kier molecular flexibility index (Phi) is 9.20. The van der Waals surface area contributed by atoms with E-state index in [1.165, 1.54) is 4.90 Å². The van der Waals surface area contributed by atoms with Gasteiger partial charge in [0.25, 0.3) is 0 Å². The van der Waals surface area contributed by atoms with E-state index in [1.54, 1.807) is 18.9 Å². The highest BCUT2D eigenvalue weighted by molar-refractivity contribution is 14.0. The molecule has 0 bridgehead atoms. The van der Waals surface area contributed by atoms with E-state index in [2.05, 4.69) is 10.3 Å². The molecule has 0 radical (unpaired) electrons. The standard InChI is InChI=1S/C16H18ClN3OS.HI/c1-21-14-6-4-13(5-7-14)20-16(18)19-10-11-22-15-8-2-12(17)3-9-15;/h2-9H,10-11H2,1H3,(H3,18,19,20);1H. The molecule has 0 saturated heterocycles. The number of hydrogen-bond acceptors (Lipinski definition) is 3. The second-order valence-electron chi connectivity index (χ2n) is 4.42. The molecule has 2 rings (SSSR count). The van der Waals surface area contributed by atoms with Gasteiger partial charge in [0.1, 0.15) is 5.75 Å². The summed E-state index contributed by atoms with van der Waals surface area (Å²) < 4.78 is 5.10. The lowest BCUT2D eigenvalue weighted by molar-refractivity contribution is 0.415. The van der Waals surface area contributed by atoms with E-state index in [0.717, 1.165) is 22.2 Å². The molecule has 0 amide bonds. The Bertz CT molecular complexity index is 620. The summed E-state index contributed by atoms with van der Waals surface area (Å²) in [5.74, 6) is 2.06. The first-order chi connectivity index (χ1) is 10.7. The number of rotatable bonds is 6. The van der Waals surface area contributed by atoms with Gasteiger partial charge in [0, 0.05) is 21.4 Å². The molecular formula is C16H19ClIN3OS. The molecule has 0 heterocycles. The molecule has 23 heavy (non-hydrogen) atoms. The van der Waals surface area contributed by atoms with Crippen LogP contribution in [-0.2, 0) is 0 Å². The van der Waals surface area contributed by atoms with E-state index in [4.69, 9.17) is 22.1 Å². The summed E-state index contributed by atoms with van der Waals surface area (Å²) in [6, 6.07) is 15.3. The van der Waals surface area contributed by atoms with Gasteiger partial charge in [-0.1, -0.05) is 11.6 Å². The smallest absolute Gasteiger partial charge is 0.193 e. The summed E-state index contributed by atoms with van der Waals surface area (Å²) in [4.78, 5) is 5.47. The fraction of sp³-hybridized carbons (Fsp3) is 0.188. The molecular weight excluding hydrogens is 445 g/mol. The maximum atomic E-state index is 5.86. The Morgan fingerprint density at radius 2 is 1.83 bits per heavy atom. The molecule has 2 aromatic rings. The van der Waals surface area contributed by atoms with Crippen LogP contribution in [-0.4, -0.2) is 25.4 Å². The molecule has 0 aliphatic heterocycles. The number of guanidine groups is 1. The zero-order valence-electron chi connectivity index (χ0n) is 12.7. The molecule has 0 fully saturated rings. The summed E-state index contributed by atoms with van der Waals surface area (Å²) in [6.07, 6.45) is 0. The third-order valence-electron chi connectivity index (χ3n) is 2.82. The minimum absolute atomic E-state index is 0. The maximum absolute atomic E-state index is 5.86. The van der Waals surface area contributed by atoms with Crippen LogP contribution in [0.3, 0.4) is 0 Å². The van der Waals surface area contributed by atoms with Crippen molar-refractivity contribution < 1.29 is 4.74 Å². The van der Waals surface area contributed by atoms with Crippen LogP contribution in [0.15, 0.2) is 58.4 Å². The van der Waals surface area contributed by atoms with E-state index >= 15 is 0 Å². The van der Waals surface area contributed by atoms with Gasteiger partial charge in [0.2, 0.25) is 0 Å². The van der Waals surface area contributed by atoms with E-state index in [1.807, 2.05) is 48.5 Å². The lowest BCUT2D eigenvalue weighted by atomic mass is 10.3. The van der Waals surface area contributed by atoms with Gasteiger partial charge in [0.05, 0.1) is 13.7 Å². The Balaban J connectivity index is 0.00000264. The molecule has 0 spiro atoms. The van der Waals surface area contributed by atoms with Crippen molar-refractivity contribution >= 4 is 59.0 Å². The number of nitrogens with one attached hydrogen (secondary N) is 1. The van der Waals surface area contributed by atoms with Crippen LogP contribution in [0.4, 0.5) is 5.69 Å². The third-order valence-corrected chi connectivity index (χ3v) is 4.06. The van der Waals surface area contributed by atoms with Crippen molar-refractivity contribution in [1.82, 2.24) is 0 Å². The number of anilines is 1. The molecule has 0 aliphatic carbocycles. The number of nitrogens with zero attached hydrogens (tertiary/aromatic N) is 1. The number of methoxy groups -OCH3 is 1. The molecule has 0 saturated carbocycles. The fourth-order valence-corrected chi connectivity index (χ4v) is 2.59. The first-order valence-corrected chi connectivity index (χ1v) is 8.13. The molecule has 0 atom stereocenters. The van der Waals surface area contributed by atoms with Crippen molar-refractivity contribution in [3.63, 3.8) is 0 Å². The predicted octanol–water partition coefficient (Wildman–Crippen LogP) is 4.49. The summed E-state index contributed by atoms with van der Waals surface area (Å²) in [6.45, 7) is 0.641. The van der Waals surface area contributed by atoms with Gasteiger partial charge in [-0.15, -0.1) is 35.7 Å². The van der Waals surface area contributed by atoms with Crippen LogP contribution >= 0.6 is 47.3 Å². The minimum Gasteiger partial charge on any atom is -0.497 e. The maximum Gasteiger partial charge on any atom is 0.193 e. The predicted molar refractivity (Wildman–Crippen MR) is 111 cm³/mol. The largest absolute Gasteiger partial charge is 0.497 e. The lowest BCUT2D eigenvalue weighted by Gasteiger charge is -2.06. The van der Waals surface area contributed by atoms with Gasteiger partial charge in [-0.05, 0) is 48.5 Å². The van der Waals surface area contributed by atoms with Crippen LogP contribution in [0.25, 0.3) is 0 Å². The summed E-state index contributed by atoms with van der Waals surface area (Å²) in [5.41, 5.74) is 6.74. The first kappa shape index (κ1) is 19.9. The zero-order chi connectivity index (χ0) is 15.8. The number of nitrogens with two attached hydrogens (primary N) is 1. The van der Waals surface area contributed by atoms with Crippen LogP contribution in [0.1, 0.15) is 0 Å². The SMILES string of the molecule is COc1ccc(NC(N)=NCCSc2ccc(Cl)cc2)cc1.I. The van der Waals surface area contributed by atoms with E-state index in [9.17, 15) is 0 Å². The number of hydrogen-bond donors (Lipinski definition) is 2. The van der Waals surface area contributed by atoms with Gasteiger partial charge in [-0.25, -0.2) is 0 Å². The normalized spacial score (nSPS) is 10.8. The van der Waals surface area contributed by atoms with Crippen molar-refractivity contribution in [2.45, 2.75) is 4.90 Å². The quantitative estimate of drug-likeness (QED) is 0.218. The van der Waals surface area contributed by atoms with Crippen molar-refractivity contribution in [3.8, 4) is 5.75 Å². The molecule has 3 N–H and O–H groups in total. The van der Waals surface area contributed by atoms with Crippen LogP contribution in [0.2, 0.25) is 5.02 Å². The number of benzene rings is 2. The first-order valence-electron chi connectivity index (χ1n) is 6.77. The second kappa shape index (κ2) is 10.6. The van der Waals surface area contributed by atoms with Gasteiger partial charge in [-0.3, -0.25) is 4.99 Å². The van der Waals surface area contributed by atoms with Crippen LogP contribution in [0.5, 0.6) is 5.75 Å². The summed E-state index contributed by atoms with van der Waals surface area (Å²) in [7, 11) is 1.64. The Hall–Kier alpha value is -1.12. The van der Waals surface area contributed by atoms with Crippen molar-refractivity contribution in [1.29, 1.82) is 0 Å². The topological polar surface area (TPSA) is 59.6 Å². The van der Waals surface area contributed by atoms with Crippen LogP contribution in [0, 0.1) is 0 Å². The number of ether oxygens (including phenoxy) is 1. The monoisotopic (exact) mass is 463 g/mol. The van der Waals surface area contributed by atoms with E-state index < -0.39 is 0 Å². The average molecular weight is 464 g/mol. The highest BCUT2D eigenvalue weighted by Gasteiger charge is 1.97. The van der Waals surface area contributed by atoms with E-state index in [0.29, 0.717) is 12.5 Å². The number of halogens is 2. The fourth-order valence-electron chi connectivity index (χ4n) is 1.72. The van der Waals surface area contributed by atoms with Gasteiger partial charge < -0.3 is 15.8 Å². The van der Waals surface area contributed by atoms with Gasteiger partial charge >= 0.3 is 0 Å². The van der Waals surface area contributed by atoms with E-state index in [-0.39, 0.29) is 24.0 Å². The van der Waals surface area contributed by atoms with Crippen molar-refractivity contribution in [2.75, 3.05) is 24.7 Å².